The molecule has 0 atom stereocenters. The molecular formula is C13H19Cl2N. The monoisotopic (exact) mass is 259 g/mol. The summed E-state index contributed by atoms with van der Waals surface area (Å²) < 4.78 is 0. The molecule has 0 heterocycles. The van der Waals surface area contributed by atoms with Gasteiger partial charge in [-0.2, -0.15) is 0 Å². The number of hydrogen-bond acceptors (Lipinski definition) is 1. The standard InChI is InChI=1S/C13H19Cl2N/c1-2-3-4-5-9-16-10-11-7-6-8-12(14)13(11)15/h6-8,16H,2-5,9-10H2,1H3. The minimum atomic E-state index is 0.631. The maximum Gasteiger partial charge on any atom is 0.0637 e. The highest BCUT2D eigenvalue weighted by molar-refractivity contribution is 6.42. The van der Waals surface area contributed by atoms with Gasteiger partial charge in [-0.3, -0.25) is 0 Å². The Morgan fingerprint density at radius 2 is 1.94 bits per heavy atom. The van der Waals surface area contributed by atoms with Crippen LogP contribution in [0, 0.1) is 0 Å². The first-order valence-electron chi connectivity index (χ1n) is 5.89. The second kappa shape index (κ2) is 7.94. The van der Waals surface area contributed by atoms with Gasteiger partial charge in [-0.05, 0) is 24.6 Å². The summed E-state index contributed by atoms with van der Waals surface area (Å²) in [5.41, 5.74) is 1.07. The molecule has 1 N–H and O–H groups in total. The highest BCUT2D eigenvalue weighted by atomic mass is 35.5. The van der Waals surface area contributed by atoms with Gasteiger partial charge >= 0.3 is 0 Å². The Morgan fingerprint density at radius 3 is 2.69 bits per heavy atom. The van der Waals surface area contributed by atoms with E-state index in [1.807, 2.05) is 18.2 Å². The van der Waals surface area contributed by atoms with Crippen LogP contribution in [-0.4, -0.2) is 6.54 Å². The smallest absolute Gasteiger partial charge is 0.0637 e. The van der Waals surface area contributed by atoms with Crippen LogP contribution < -0.4 is 5.32 Å². The molecule has 1 aromatic rings. The molecule has 0 spiro atoms. The molecule has 1 nitrogen and oxygen atoms in total. The zero-order valence-corrected chi connectivity index (χ0v) is 11.2. The lowest BCUT2D eigenvalue weighted by Gasteiger charge is -2.07. The lowest BCUT2D eigenvalue weighted by atomic mass is 10.2. The van der Waals surface area contributed by atoms with E-state index in [1.54, 1.807) is 0 Å². The van der Waals surface area contributed by atoms with Crippen molar-refractivity contribution >= 4 is 23.2 Å². The van der Waals surface area contributed by atoms with Gasteiger partial charge in [0.1, 0.15) is 0 Å². The van der Waals surface area contributed by atoms with E-state index in [2.05, 4.69) is 12.2 Å². The average Bonchev–Trinajstić information content (AvgIpc) is 2.29. The topological polar surface area (TPSA) is 12.0 Å². The van der Waals surface area contributed by atoms with E-state index in [0.717, 1.165) is 18.7 Å². The van der Waals surface area contributed by atoms with Gasteiger partial charge in [0.2, 0.25) is 0 Å². The Bertz CT molecular complexity index is 313. The van der Waals surface area contributed by atoms with Gasteiger partial charge in [0.15, 0.2) is 0 Å². The van der Waals surface area contributed by atoms with E-state index >= 15 is 0 Å². The number of halogens is 2. The van der Waals surface area contributed by atoms with Gasteiger partial charge in [-0.15, -0.1) is 0 Å². The molecule has 0 unspecified atom stereocenters. The zero-order chi connectivity index (χ0) is 11.8. The summed E-state index contributed by atoms with van der Waals surface area (Å²) in [4.78, 5) is 0. The van der Waals surface area contributed by atoms with Crippen LogP contribution in [0.25, 0.3) is 0 Å². The van der Waals surface area contributed by atoms with E-state index in [4.69, 9.17) is 23.2 Å². The van der Waals surface area contributed by atoms with Crippen molar-refractivity contribution in [1.29, 1.82) is 0 Å². The van der Waals surface area contributed by atoms with Crippen LogP contribution in [0.4, 0.5) is 0 Å². The molecule has 0 saturated heterocycles. The molecule has 1 aromatic carbocycles. The van der Waals surface area contributed by atoms with Crippen LogP contribution in [-0.2, 0) is 6.54 Å². The van der Waals surface area contributed by atoms with Crippen molar-refractivity contribution < 1.29 is 0 Å². The molecule has 0 amide bonds. The predicted molar refractivity (Wildman–Crippen MR) is 72.3 cm³/mol. The van der Waals surface area contributed by atoms with Crippen molar-refractivity contribution in [1.82, 2.24) is 5.32 Å². The van der Waals surface area contributed by atoms with Gasteiger partial charge in [0, 0.05) is 6.54 Å². The van der Waals surface area contributed by atoms with Crippen molar-refractivity contribution in [3.8, 4) is 0 Å². The molecule has 0 aliphatic carbocycles. The molecule has 0 saturated carbocycles. The molecule has 0 bridgehead atoms. The highest BCUT2D eigenvalue weighted by Crippen LogP contribution is 2.25. The zero-order valence-electron chi connectivity index (χ0n) is 9.73. The fourth-order valence-electron chi connectivity index (χ4n) is 1.58. The number of nitrogens with one attached hydrogen (secondary N) is 1. The number of benzene rings is 1. The van der Waals surface area contributed by atoms with Crippen LogP contribution in [0.3, 0.4) is 0 Å². The van der Waals surface area contributed by atoms with E-state index in [1.165, 1.54) is 25.7 Å². The SMILES string of the molecule is CCCCCCNCc1cccc(Cl)c1Cl. The Hall–Kier alpha value is -0.240. The van der Waals surface area contributed by atoms with Crippen LogP contribution >= 0.6 is 23.2 Å². The minimum absolute atomic E-state index is 0.631. The van der Waals surface area contributed by atoms with Gasteiger partial charge < -0.3 is 5.32 Å². The fraction of sp³-hybridized carbons (Fsp3) is 0.538. The van der Waals surface area contributed by atoms with Gasteiger partial charge in [-0.1, -0.05) is 61.5 Å². The molecule has 0 radical (unpaired) electrons. The third-order valence-corrected chi connectivity index (χ3v) is 3.41. The summed E-state index contributed by atoms with van der Waals surface area (Å²) in [5, 5.41) is 4.69. The van der Waals surface area contributed by atoms with Crippen LogP contribution in [0.15, 0.2) is 18.2 Å². The Kier molecular flexibility index (Phi) is 6.86. The molecule has 90 valence electrons. The molecular weight excluding hydrogens is 241 g/mol. The molecule has 0 aliphatic heterocycles. The summed E-state index contributed by atoms with van der Waals surface area (Å²) >= 11 is 12.0. The number of unbranched alkanes of at least 4 members (excludes halogenated alkanes) is 3. The highest BCUT2D eigenvalue weighted by Gasteiger charge is 2.02. The Labute approximate surface area is 108 Å². The van der Waals surface area contributed by atoms with Crippen molar-refractivity contribution in [2.75, 3.05) is 6.54 Å². The van der Waals surface area contributed by atoms with Crippen molar-refractivity contribution in [2.24, 2.45) is 0 Å². The van der Waals surface area contributed by atoms with Crippen molar-refractivity contribution in [3.05, 3.63) is 33.8 Å². The van der Waals surface area contributed by atoms with E-state index < -0.39 is 0 Å². The first-order chi connectivity index (χ1) is 7.75. The lowest BCUT2D eigenvalue weighted by molar-refractivity contribution is 0.598. The van der Waals surface area contributed by atoms with E-state index in [-0.39, 0.29) is 0 Å². The van der Waals surface area contributed by atoms with Crippen LogP contribution in [0.1, 0.15) is 38.2 Å². The molecule has 16 heavy (non-hydrogen) atoms. The van der Waals surface area contributed by atoms with E-state index in [9.17, 15) is 0 Å². The van der Waals surface area contributed by atoms with Gasteiger partial charge in [0.05, 0.1) is 10.0 Å². The van der Waals surface area contributed by atoms with Gasteiger partial charge in [0.25, 0.3) is 0 Å². The summed E-state index contributed by atoms with van der Waals surface area (Å²) in [6.07, 6.45) is 5.12. The first kappa shape index (κ1) is 13.8. The molecule has 0 fully saturated rings. The van der Waals surface area contributed by atoms with Crippen LogP contribution in [0.2, 0.25) is 10.0 Å². The Morgan fingerprint density at radius 1 is 1.12 bits per heavy atom. The summed E-state index contributed by atoms with van der Waals surface area (Å²) in [6.45, 7) is 4.06. The third-order valence-electron chi connectivity index (χ3n) is 2.55. The van der Waals surface area contributed by atoms with Crippen LogP contribution in [0.5, 0.6) is 0 Å². The van der Waals surface area contributed by atoms with E-state index in [0.29, 0.717) is 10.0 Å². The van der Waals surface area contributed by atoms with Crippen molar-refractivity contribution in [3.63, 3.8) is 0 Å². The predicted octanol–water partition coefficient (Wildman–Crippen LogP) is 4.66. The third kappa shape index (κ3) is 4.73. The second-order valence-corrected chi connectivity index (χ2v) is 4.74. The summed E-state index contributed by atoms with van der Waals surface area (Å²) in [6, 6.07) is 5.75. The molecule has 0 aromatic heterocycles. The molecule has 1 rings (SSSR count). The number of hydrogen-bond donors (Lipinski definition) is 1. The summed E-state index contributed by atoms with van der Waals surface area (Å²) in [5.74, 6) is 0. The molecule has 0 aliphatic rings. The maximum atomic E-state index is 6.08. The van der Waals surface area contributed by atoms with Gasteiger partial charge in [-0.25, -0.2) is 0 Å². The Balaban J connectivity index is 2.24. The lowest BCUT2D eigenvalue weighted by Crippen LogP contribution is -2.14. The quantitative estimate of drug-likeness (QED) is 0.703. The summed E-state index contributed by atoms with van der Waals surface area (Å²) in [7, 11) is 0. The average molecular weight is 260 g/mol. The minimum Gasteiger partial charge on any atom is -0.313 e. The van der Waals surface area contributed by atoms with Crippen molar-refractivity contribution in [2.45, 2.75) is 39.2 Å². The fourth-order valence-corrected chi connectivity index (χ4v) is 1.97. The molecule has 3 heteroatoms. The normalized spacial score (nSPS) is 10.7. The first-order valence-corrected chi connectivity index (χ1v) is 6.65. The number of rotatable bonds is 7. The maximum absolute atomic E-state index is 6.08. The largest absolute Gasteiger partial charge is 0.313 e. The second-order valence-electron chi connectivity index (χ2n) is 3.95.